The minimum atomic E-state index is -3.88. The third-order valence-corrected chi connectivity index (χ3v) is 5.22. The molecule has 0 amide bonds. The summed E-state index contributed by atoms with van der Waals surface area (Å²) in [7, 11) is -3.88. The summed E-state index contributed by atoms with van der Waals surface area (Å²) in [6.07, 6.45) is 3.62. The zero-order valence-electron chi connectivity index (χ0n) is 15.9. The van der Waals surface area contributed by atoms with Crippen molar-refractivity contribution in [2.45, 2.75) is 18.7 Å². The van der Waals surface area contributed by atoms with Gasteiger partial charge in [-0.05, 0) is 62.4 Å². The minimum Gasteiger partial charge on any atom is -0.478 e. The van der Waals surface area contributed by atoms with Crippen LogP contribution in [0.4, 0.5) is 11.6 Å². The Balaban J connectivity index is 1.74. The first-order valence-corrected chi connectivity index (χ1v) is 10.1. The predicted molar refractivity (Wildman–Crippen MR) is 110 cm³/mol. The van der Waals surface area contributed by atoms with Crippen LogP contribution in [0.5, 0.6) is 0 Å². The molecule has 154 valence electrons. The molecule has 0 saturated carbocycles. The number of carbonyl (C=O) groups is 2. The van der Waals surface area contributed by atoms with E-state index in [0.717, 1.165) is 12.2 Å². The summed E-state index contributed by atoms with van der Waals surface area (Å²) in [6.45, 7) is 3.47. The van der Waals surface area contributed by atoms with Gasteiger partial charge in [0.25, 0.3) is 10.0 Å². The van der Waals surface area contributed by atoms with Crippen molar-refractivity contribution in [2.24, 2.45) is 5.10 Å². The Morgan fingerprint density at radius 1 is 1.07 bits per heavy atom. The summed E-state index contributed by atoms with van der Waals surface area (Å²) in [5.74, 6) is -1.97. The number of nitrogens with one attached hydrogen (secondary N) is 2. The SMILES string of the molecule is Cc1cc(C)nc(NS(=O)(=O)c2ccc(N/N=C3/C=CC(=O)C(C(=O)O)=C3)cc2)n1. The number of aromatic nitrogens is 2. The standard InChI is InChI=1S/C19H17N5O5S/c1-11-9-12(2)21-19(20-11)24-30(28,29)15-6-3-13(4-7-15)22-23-14-5-8-17(25)16(10-14)18(26)27/h3-10,22H,1-2H3,(H,26,27)(H,20,21,24)/b23-14-. The van der Waals surface area contributed by atoms with E-state index in [1.54, 1.807) is 19.9 Å². The van der Waals surface area contributed by atoms with Crippen molar-refractivity contribution in [3.63, 3.8) is 0 Å². The summed E-state index contributed by atoms with van der Waals surface area (Å²) in [4.78, 5) is 30.6. The van der Waals surface area contributed by atoms with Crippen molar-refractivity contribution < 1.29 is 23.1 Å². The van der Waals surface area contributed by atoms with Gasteiger partial charge in [-0.3, -0.25) is 10.2 Å². The van der Waals surface area contributed by atoms with Crippen LogP contribution in [0.2, 0.25) is 0 Å². The van der Waals surface area contributed by atoms with Crippen LogP contribution in [0.15, 0.2) is 64.1 Å². The van der Waals surface area contributed by atoms with Crippen molar-refractivity contribution in [1.29, 1.82) is 0 Å². The van der Waals surface area contributed by atoms with E-state index in [4.69, 9.17) is 5.11 Å². The molecule has 3 N–H and O–H groups in total. The molecule has 0 bridgehead atoms. The van der Waals surface area contributed by atoms with Gasteiger partial charge in [-0.1, -0.05) is 0 Å². The Bertz CT molecular complexity index is 1190. The number of rotatable bonds is 6. The van der Waals surface area contributed by atoms with E-state index in [-0.39, 0.29) is 22.1 Å². The number of nitrogens with zero attached hydrogens (tertiary/aromatic N) is 3. The lowest BCUT2D eigenvalue weighted by Gasteiger charge is -2.09. The molecule has 3 rings (SSSR count). The monoisotopic (exact) mass is 427 g/mol. The molecule has 2 aromatic rings. The minimum absolute atomic E-state index is 0.000296. The molecule has 0 aliphatic heterocycles. The quantitative estimate of drug-likeness (QED) is 0.359. The van der Waals surface area contributed by atoms with E-state index in [0.29, 0.717) is 17.1 Å². The predicted octanol–water partition coefficient (Wildman–Crippen LogP) is 1.81. The lowest BCUT2D eigenvalue weighted by molar-refractivity contribution is -0.134. The van der Waals surface area contributed by atoms with Gasteiger partial charge in [0, 0.05) is 11.4 Å². The molecular weight excluding hydrogens is 410 g/mol. The first kappa shape index (κ1) is 20.9. The van der Waals surface area contributed by atoms with Crippen LogP contribution in [0.3, 0.4) is 0 Å². The van der Waals surface area contributed by atoms with Crippen LogP contribution < -0.4 is 10.1 Å². The second-order valence-electron chi connectivity index (χ2n) is 6.31. The molecular formula is C19H17N5O5S. The third-order valence-electron chi connectivity index (χ3n) is 3.88. The summed E-state index contributed by atoms with van der Waals surface area (Å²) >= 11 is 0. The van der Waals surface area contributed by atoms with Gasteiger partial charge in [0.1, 0.15) is 5.57 Å². The van der Waals surface area contributed by atoms with Gasteiger partial charge in [0.2, 0.25) is 5.95 Å². The molecule has 1 aromatic heterocycles. The highest BCUT2D eigenvalue weighted by Crippen LogP contribution is 2.17. The zero-order valence-corrected chi connectivity index (χ0v) is 16.8. The average Bonchev–Trinajstić information content (AvgIpc) is 2.66. The molecule has 11 heteroatoms. The van der Waals surface area contributed by atoms with E-state index >= 15 is 0 Å². The van der Waals surface area contributed by atoms with Crippen LogP contribution in [0.25, 0.3) is 0 Å². The van der Waals surface area contributed by atoms with E-state index in [1.165, 1.54) is 30.3 Å². The van der Waals surface area contributed by atoms with Gasteiger partial charge in [-0.15, -0.1) is 0 Å². The number of carbonyl (C=O) groups excluding carboxylic acids is 1. The first-order valence-electron chi connectivity index (χ1n) is 8.60. The molecule has 0 saturated heterocycles. The summed E-state index contributed by atoms with van der Waals surface area (Å²) in [6, 6.07) is 7.44. The van der Waals surface area contributed by atoms with Crippen molar-refractivity contribution >= 4 is 39.1 Å². The maximum absolute atomic E-state index is 12.5. The second kappa shape index (κ2) is 8.25. The Morgan fingerprint density at radius 2 is 1.70 bits per heavy atom. The smallest absolute Gasteiger partial charge is 0.339 e. The normalized spacial score (nSPS) is 15.1. The fourth-order valence-electron chi connectivity index (χ4n) is 2.54. The van der Waals surface area contributed by atoms with Gasteiger partial charge in [-0.2, -0.15) is 5.10 Å². The number of hydrogen-bond donors (Lipinski definition) is 3. The van der Waals surface area contributed by atoms with Gasteiger partial charge in [0.15, 0.2) is 5.78 Å². The van der Waals surface area contributed by atoms with Crippen LogP contribution in [0.1, 0.15) is 11.4 Å². The van der Waals surface area contributed by atoms with Gasteiger partial charge >= 0.3 is 5.97 Å². The second-order valence-corrected chi connectivity index (χ2v) is 8.00. The van der Waals surface area contributed by atoms with Crippen LogP contribution in [0, 0.1) is 13.8 Å². The number of anilines is 2. The largest absolute Gasteiger partial charge is 0.478 e. The maximum Gasteiger partial charge on any atom is 0.339 e. The number of hydrazone groups is 1. The zero-order chi connectivity index (χ0) is 21.9. The fraction of sp³-hybridized carbons (Fsp3) is 0.105. The average molecular weight is 427 g/mol. The molecule has 10 nitrogen and oxygen atoms in total. The number of carboxylic acid groups (broad SMARTS) is 1. The molecule has 1 aliphatic rings. The Morgan fingerprint density at radius 3 is 2.30 bits per heavy atom. The van der Waals surface area contributed by atoms with Crippen LogP contribution in [-0.2, 0) is 19.6 Å². The fourth-order valence-corrected chi connectivity index (χ4v) is 3.49. The lowest BCUT2D eigenvalue weighted by atomic mass is 10.0. The highest BCUT2D eigenvalue weighted by Gasteiger charge is 2.19. The Labute approximate surface area is 172 Å². The third kappa shape index (κ3) is 4.94. The molecule has 1 aromatic carbocycles. The van der Waals surface area contributed by atoms with Crippen molar-refractivity contribution in [3.05, 3.63) is 65.5 Å². The topological polar surface area (TPSA) is 151 Å². The number of aryl methyl sites for hydroxylation is 2. The van der Waals surface area contributed by atoms with Crippen molar-refractivity contribution in [1.82, 2.24) is 9.97 Å². The number of allylic oxidation sites excluding steroid dienone is 3. The van der Waals surface area contributed by atoms with E-state index < -0.39 is 21.8 Å². The highest BCUT2D eigenvalue weighted by molar-refractivity contribution is 7.92. The van der Waals surface area contributed by atoms with E-state index in [1.807, 2.05) is 0 Å². The Kier molecular flexibility index (Phi) is 5.74. The maximum atomic E-state index is 12.5. The van der Waals surface area contributed by atoms with Gasteiger partial charge < -0.3 is 5.11 Å². The van der Waals surface area contributed by atoms with E-state index in [9.17, 15) is 18.0 Å². The highest BCUT2D eigenvalue weighted by atomic mass is 32.2. The summed E-state index contributed by atoms with van der Waals surface area (Å²) < 4.78 is 27.4. The number of aliphatic carboxylic acids is 1. The molecule has 0 fully saturated rings. The van der Waals surface area contributed by atoms with Gasteiger partial charge in [0.05, 0.1) is 16.3 Å². The molecule has 0 atom stereocenters. The number of carboxylic acids is 1. The van der Waals surface area contributed by atoms with Crippen LogP contribution >= 0.6 is 0 Å². The van der Waals surface area contributed by atoms with Gasteiger partial charge in [-0.25, -0.2) is 27.9 Å². The summed E-state index contributed by atoms with van der Waals surface area (Å²) in [5.41, 5.74) is 4.25. The number of benzene rings is 1. The lowest BCUT2D eigenvalue weighted by Crippen LogP contribution is -2.16. The molecule has 0 radical (unpaired) electrons. The summed E-state index contributed by atoms with van der Waals surface area (Å²) in [5, 5.41) is 13.0. The first-order chi connectivity index (χ1) is 14.1. The molecule has 1 heterocycles. The van der Waals surface area contributed by atoms with Crippen molar-refractivity contribution in [2.75, 3.05) is 10.1 Å². The number of ketones is 1. The van der Waals surface area contributed by atoms with Crippen LogP contribution in [-0.4, -0.2) is 41.0 Å². The van der Waals surface area contributed by atoms with Crippen molar-refractivity contribution in [3.8, 4) is 0 Å². The molecule has 1 aliphatic carbocycles. The molecule has 30 heavy (non-hydrogen) atoms. The van der Waals surface area contributed by atoms with E-state index in [2.05, 4.69) is 25.2 Å². The number of hydrogen-bond acceptors (Lipinski definition) is 8. The Hall–Kier alpha value is -3.86. The number of sulfonamides is 1. The molecule has 0 spiro atoms. The molecule has 0 unspecified atom stereocenters.